The zero-order valence-electron chi connectivity index (χ0n) is 17.6. The van der Waals surface area contributed by atoms with E-state index < -0.39 is 29.3 Å². The molecular weight excluding hydrogens is 397 g/mol. The van der Waals surface area contributed by atoms with Gasteiger partial charge in [0.05, 0.1) is 17.7 Å². The molecule has 5 nitrogen and oxygen atoms in total. The van der Waals surface area contributed by atoms with Crippen molar-refractivity contribution in [3.8, 4) is 0 Å². The van der Waals surface area contributed by atoms with E-state index in [2.05, 4.69) is 0 Å². The van der Waals surface area contributed by atoms with Crippen LogP contribution in [0.25, 0.3) is 6.08 Å². The lowest BCUT2D eigenvalue weighted by Crippen LogP contribution is -2.32. The Morgan fingerprint density at radius 2 is 1.84 bits per heavy atom. The van der Waals surface area contributed by atoms with Crippen molar-refractivity contribution in [3.05, 3.63) is 88.9 Å². The predicted molar refractivity (Wildman–Crippen MR) is 117 cm³/mol. The molecule has 0 unspecified atom stereocenters. The van der Waals surface area contributed by atoms with Crippen molar-refractivity contribution in [2.24, 2.45) is 0 Å². The first-order valence-corrected chi connectivity index (χ1v) is 10.3. The summed E-state index contributed by atoms with van der Waals surface area (Å²) in [5.41, 5.74) is 1.37. The van der Waals surface area contributed by atoms with Gasteiger partial charge in [-0.25, -0.2) is 4.39 Å². The van der Waals surface area contributed by atoms with Gasteiger partial charge in [-0.15, -0.1) is 0 Å². The van der Waals surface area contributed by atoms with Gasteiger partial charge in [0, 0.05) is 13.2 Å². The van der Waals surface area contributed by atoms with Crippen LogP contribution in [0.2, 0.25) is 0 Å². The fourth-order valence-corrected chi connectivity index (χ4v) is 3.51. The van der Waals surface area contributed by atoms with Crippen LogP contribution in [0.3, 0.4) is 0 Å². The van der Waals surface area contributed by atoms with Crippen LogP contribution in [-0.4, -0.2) is 41.0 Å². The largest absolute Gasteiger partial charge is 0.503 e. The van der Waals surface area contributed by atoms with Crippen LogP contribution >= 0.6 is 0 Å². The van der Waals surface area contributed by atoms with Gasteiger partial charge in [0.15, 0.2) is 11.5 Å². The Balaban J connectivity index is 1.89. The van der Waals surface area contributed by atoms with Crippen molar-refractivity contribution in [1.82, 2.24) is 4.90 Å². The number of allylic oxidation sites excluding steroid dienone is 1. The topological polar surface area (TPSA) is 66.8 Å². The lowest BCUT2D eigenvalue weighted by molar-refractivity contribution is -0.129. The minimum atomic E-state index is -0.792. The number of ether oxygens (including phenoxy) is 1. The Morgan fingerprint density at radius 3 is 2.48 bits per heavy atom. The van der Waals surface area contributed by atoms with Crippen molar-refractivity contribution < 1.29 is 23.8 Å². The van der Waals surface area contributed by atoms with Crippen molar-refractivity contribution in [3.63, 3.8) is 0 Å². The van der Waals surface area contributed by atoms with Gasteiger partial charge in [-0.2, -0.15) is 0 Å². The van der Waals surface area contributed by atoms with Crippen LogP contribution in [0.15, 0.2) is 72.0 Å². The number of carbonyl (C=O) groups excluding carboxylic acids is 2. The first-order chi connectivity index (χ1) is 14.9. The maximum absolute atomic E-state index is 13.5. The van der Waals surface area contributed by atoms with E-state index in [0.29, 0.717) is 18.6 Å². The molecule has 162 valence electrons. The smallest absolute Gasteiger partial charge is 0.290 e. The second kappa shape index (κ2) is 10.2. The number of aliphatic hydroxyl groups is 1. The molecule has 0 aromatic heterocycles. The molecular formula is C25H26FNO4. The summed E-state index contributed by atoms with van der Waals surface area (Å²) >= 11 is 0. The minimum absolute atomic E-state index is 0.00596. The van der Waals surface area contributed by atoms with E-state index in [4.69, 9.17) is 4.74 Å². The van der Waals surface area contributed by atoms with Gasteiger partial charge in [-0.1, -0.05) is 48.5 Å². The molecule has 1 aliphatic rings. The Bertz CT molecular complexity index is 980. The average Bonchev–Trinajstić information content (AvgIpc) is 3.01. The number of carbonyl (C=O) groups is 2. The third kappa shape index (κ3) is 5.47. The summed E-state index contributed by atoms with van der Waals surface area (Å²) in [7, 11) is 0. The Kier molecular flexibility index (Phi) is 7.36. The summed E-state index contributed by atoms with van der Waals surface area (Å²) in [5, 5.41) is 10.6. The van der Waals surface area contributed by atoms with Crippen molar-refractivity contribution in [2.45, 2.75) is 32.4 Å². The molecule has 0 saturated heterocycles. The highest BCUT2D eigenvalue weighted by Crippen LogP contribution is 2.38. The van der Waals surface area contributed by atoms with E-state index in [1.807, 2.05) is 44.2 Å². The van der Waals surface area contributed by atoms with Gasteiger partial charge in [0.1, 0.15) is 5.82 Å². The number of hydrogen-bond donors (Lipinski definition) is 1. The van der Waals surface area contributed by atoms with E-state index in [1.165, 1.54) is 35.2 Å². The second-order valence-corrected chi connectivity index (χ2v) is 7.60. The van der Waals surface area contributed by atoms with Gasteiger partial charge in [-0.3, -0.25) is 9.59 Å². The summed E-state index contributed by atoms with van der Waals surface area (Å²) in [5.74, 6) is -2.07. The second-order valence-electron chi connectivity index (χ2n) is 7.60. The molecule has 3 rings (SSSR count). The molecule has 6 heteroatoms. The number of aliphatic hydroxyl groups excluding tert-OH is 1. The summed E-state index contributed by atoms with van der Waals surface area (Å²) < 4.78 is 19.0. The van der Waals surface area contributed by atoms with E-state index >= 15 is 0 Å². The van der Waals surface area contributed by atoms with Gasteiger partial charge < -0.3 is 14.7 Å². The molecule has 1 amide bonds. The van der Waals surface area contributed by atoms with Gasteiger partial charge in [0.25, 0.3) is 5.91 Å². The molecule has 1 heterocycles. The molecule has 0 aliphatic carbocycles. The van der Waals surface area contributed by atoms with Crippen LogP contribution in [0, 0.1) is 5.82 Å². The Morgan fingerprint density at radius 1 is 1.16 bits per heavy atom. The maximum Gasteiger partial charge on any atom is 0.290 e. The number of ketones is 1. The van der Waals surface area contributed by atoms with E-state index in [0.717, 1.165) is 5.56 Å². The fourth-order valence-electron chi connectivity index (χ4n) is 3.51. The first-order valence-electron chi connectivity index (χ1n) is 10.3. The van der Waals surface area contributed by atoms with Gasteiger partial charge in [-0.05, 0) is 49.6 Å². The zero-order chi connectivity index (χ0) is 22.4. The maximum atomic E-state index is 13.5. The van der Waals surface area contributed by atoms with Crippen LogP contribution in [0.4, 0.5) is 4.39 Å². The highest BCUT2D eigenvalue weighted by atomic mass is 19.1. The molecule has 1 atom stereocenters. The number of benzene rings is 2. The lowest BCUT2D eigenvalue weighted by atomic mass is 9.95. The Hall–Kier alpha value is -3.25. The highest BCUT2D eigenvalue weighted by molar-refractivity contribution is 6.14. The molecule has 0 spiro atoms. The molecule has 1 aliphatic heterocycles. The zero-order valence-corrected chi connectivity index (χ0v) is 17.6. The monoisotopic (exact) mass is 423 g/mol. The first kappa shape index (κ1) is 22.4. The third-order valence-corrected chi connectivity index (χ3v) is 4.98. The van der Waals surface area contributed by atoms with Crippen molar-refractivity contribution in [2.75, 3.05) is 13.2 Å². The predicted octanol–water partition coefficient (Wildman–Crippen LogP) is 4.62. The van der Waals surface area contributed by atoms with Gasteiger partial charge in [0.2, 0.25) is 0 Å². The lowest BCUT2D eigenvalue weighted by Gasteiger charge is -2.26. The molecule has 0 bridgehead atoms. The van der Waals surface area contributed by atoms with Gasteiger partial charge >= 0.3 is 0 Å². The van der Waals surface area contributed by atoms with Crippen LogP contribution in [0.5, 0.6) is 0 Å². The molecule has 31 heavy (non-hydrogen) atoms. The van der Waals surface area contributed by atoms with Crippen molar-refractivity contribution in [1.29, 1.82) is 0 Å². The SMILES string of the molecule is CC(C)OCCCN1C(=O)C(O)=C(C(=O)/C=C/c2ccccc2)[C@@H]1c1ccc(F)cc1. The summed E-state index contributed by atoms with van der Waals surface area (Å²) in [6.07, 6.45) is 3.58. The quantitative estimate of drug-likeness (QED) is 0.472. The number of halogens is 1. The Labute approximate surface area is 181 Å². The van der Waals surface area contributed by atoms with Crippen LogP contribution in [-0.2, 0) is 14.3 Å². The highest BCUT2D eigenvalue weighted by Gasteiger charge is 2.42. The number of nitrogens with zero attached hydrogens (tertiary/aromatic N) is 1. The average molecular weight is 423 g/mol. The normalized spacial score (nSPS) is 16.7. The molecule has 1 N–H and O–H groups in total. The molecule has 0 saturated carbocycles. The van der Waals surface area contributed by atoms with E-state index in [-0.39, 0.29) is 18.2 Å². The van der Waals surface area contributed by atoms with E-state index in [9.17, 15) is 19.1 Å². The van der Waals surface area contributed by atoms with Crippen LogP contribution in [0.1, 0.15) is 37.4 Å². The molecule has 2 aromatic carbocycles. The minimum Gasteiger partial charge on any atom is -0.503 e. The molecule has 2 aromatic rings. The van der Waals surface area contributed by atoms with Crippen LogP contribution < -0.4 is 0 Å². The summed E-state index contributed by atoms with van der Waals surface area (Å²) in [6, 6.07) is 14.1. The standard InChI is InChI=1S/C25H26FNO4/c1-17(2)31-16-6-15-27-23(19-10-12-20(26)13-11-19)22(24(29)25(27)30)21(28)14-9-18-7-4-3-5-8-18/h3-5,7-14,17,23,29H,6,15-16H2,1-2H3/b14-9+/t23-/m0/s1. The number of rotatable bonds is 9. The number of hydrogen-bond acceptors (Lipinski definition) is 4. The van der Waals surface area contributed by atoms with Crippen molar-refractivity contribution >= 4 is 17.8 Å². The molecule has 0 radical (unpaired) electrons. The van der Waals surface area contributed by atoms with E-state index in [1.54, 1.807) is 6.08 Å². The fraction of sp³-hybridized carbons (Fsp3) is 0.280. The third-order valence-electron chi connectivity index (χ3n) is 4.98. The number of amides is 1. The summed E-state index contributed by atoms with van der Waals surface area (Å²) in [6.45, 7) is 4.57. The summed E-state index contributed by atoms with van der Waals surface area (Å²) in [4.78, 5) is 27.2. The molecule has 0 fully saturated rings.